The first-order chi connectivity index (χ1) is 7.94. The van der Waals surface area contributed by atoms with Crippen molar-refractivity contribution in [1.82, 2.24) is 0 Å². The van der Waals surface area contributed by atoms with E-state index >= 15 is 0 Å². The molecule has 1 aromatic rings. The summed E-state index contributed by atoms with van der Waals surface area (Å²) in [5, 5.41) is 0. The van der Waals surface area contributed by atoms with Crippen LogP contribution in [0.5, 0.6) is 0 Å². The molecule has 0 aliphatic heterocycles. The van der Waals surface area contributed by atoms with E-state index in [1.54, 1.807) is 12.1 Å². The Balaban J connectivity index is 2.72. The Kier molecular flexibility index (Phi) is 5.91. The molecule has 0 aliphatic rings. The van der Waals surface area contributed by atoms with Crippen LogP contribution in [0.3, 0.4) is 0 Å². The number of hydrogen-bond donors (Lipinski definition) is 2. The van der Waals surface area contributed by atoms with Gasteiger partial charge in [0.2, 0.25) is 10.0 Å². The van der Waals surface area contributed by atoms with E-state index < -0.39 is 10.0 Å². The zero-order valence-corrected chi connectivity index (χ0v) is 13.1. The zero-order chi connectivity index (χ0) is 12.9. The molecule has 7 heteroatoms. The van der Waals surface area contributed by atoms with Crippen LogP contribution in [0.1, 0.15) is 12.8 Å². The molecule has 0 amide bonds. The third-order valence-corrected chi connectivity index (χ3v) is 4.60. The van der Waals surface area contributed by atoms with Crippen molar-refractivity contribution >= 4 is 47.6 Å². The Morgan fingerprint density at radius 2 is 1.94 bits per heavy atom. The maximum absolute atomic E-state index is 11.8. The molecule has 1 rings (SSSR count). The van der Waals surface area contributed by atoms with Crippen molar-refractivity contribution in [2.45, 2.75) is 12.8 Å². The smallest absolute Gasteiger partial charge is 0.232 e. The summed E-state index contributed by atoms with van der Waals surface area (Å²) < 4.78 is 27.6. The molecule has 0 unspecified atom stereocenters. The van der Waals surface area contributed by atoms with Gasteiger partial charge in [-0.15, -0.1) is 0 Å². The monoisotopic (exact) mass is 384 g/mol. The highest BCUT2D eigenvalue weighted by atomic mass is 79.9. The molecule has 17 heavy (non-hydrogen) atoms. The summed E-state index contributed by atoms with van der Waals surface area (Å²) in [6, 6.07) is 5.32. The number of sulfonamides is 1. The van der Waals surface area contributed by atoms with E-state index in [-0.39, 0.29) is 5.75 Å². The number of hydrogen-bond acceptors (Lipinski definition) is 3. The molecule has 0 aromatic heterocycles. The van der Waals surface area contributed by atoms with Crippen LogP contribution in [0.15, 0.2) is 27.1 Å². The molecule has 0 heterocycles. The fourth-order valence-electron chi connectivity index (χ4n) is 1.23. The molecule has 3 N–H and O–H groups in total. The number of benzene rings is 1. The fourth-order valence-corrected chi connectivity index (χ4v) is 3.26. The number of anilines is 1. The van der Waals surface area contributed by atoms with Crippen LogP contribution in [-0.2, 0) is 10.0 Å². The van der Waals surface area contributed by atoms with Crippen molar-refractivity contribution < 1.29 is 8.42 Å². The summed E-state index contributed by atoms with van der Waals surface area (Å²) in [7, 11) is -3.30. The first kappa shape index (κ1) is 14.9. The molecule has 0 aliphatic carbocycles. The first-order valence-corrected chi connectivity index (χ1v) is 8.34. The van der Waals surface area contributed by atoms with Gasteiger partial charge in [-0.2, -0.15) is 0 Å². The van der Waals surface area contributed by atoms with Gasteiger partial charge in [-0.25, -0.2) is 8.42 Å². The lowest BCUT2D eigenvalue weighted by molar-refractivity contribution is 0.597. The minimum absolute atomic E-state index is 0.0865. The van der Waals surface area contributed by atoms with Crippen molar-refractivity contribution in [1.29, 1.82) is 0 Å². The van der Waals surface area contributed by atoms with E-state index in [1.165, 1.54) is 0 Å². The normalized spacial score (nSPS) is 11.5. The van der Waals surface area contributed by atoms with Gasteiger partial charge in [-0.3, -0.25) is 4.72 Å². The minimum Gasteiger partial charge on any atom is -0.330 e. The van der Waals surface area contributed by atoms with E-state index in [0.717, 1.165) is 4.47 Å². The standard InChI is InChI=1S/C10H14Br2N2O2S/c11-8-3-4-9(12)10(7-8)14-17(15,16)6-2-1-5-13/h3-4,7,14H,1-2,5-6,13H2. The molecule has 0 saturated carbocycles. The van der Waals surface area contributed by atoms with Crippen LogP contribution in [0, 0.1) is 0 Å². The van der Waals surface area contributed by atoms with Gasteiger partial charge in [0.05, 0.1) is 11.4 Å². The Morgan fingerprint density at radius 3 is 2.59 bits per heavy atom. The van der Waals surface area contributed by atoms with Gasteiger partial charge in [-0.05, 0) is 53.5 Å². The maximum atomic E-state index is 11.8. The van der Waals surface area contributed by atoms with Gasteiger partial charge in [0.15, 0.2) is 0 Å². The average Bonchev–Trinajstić information content (AvgIpc) is 2.23. The molecular weight excluding hydrogens is 372 g/mol. The summed E-state index contributed by atoms with van der Waals surface area (Å²) in [5.41, 5.74) is 5.86. The average molecular weight is 386 g/mol. The molecule has 0 radical (unpaired) electrons. The number of nitrogens with two attached hydrogens (primary N) is 1. The third-order valence-electron chi connectivity index (χ3n) is 2.06. The Morgan fingerprint density at radius 1 is 1.24 bits per heavy atom. The molecule has 4 nitrogen and oxygen atoms in total. The largest absolute Gasteiger partial charge is 0.330 e. The molecule has 0 fully saturated rings. The van der Waals surface area contributed by atoms with Gasteiger partial charge in [0.1, 0.15) is 0 Å². The lowest BCUT2D eigenvalue weighted by Crippen LogP contribution is -2.17. The van der Waals surface area contributed by atoms with Crippen molar-refractivity contribution in [3.05, 3.63) is 27.1 Å². The molecule has 0 spiro atoms. The van der Waals surface area contributed by atoms with Gasteiger partial charge >= 0.3 is 0 Å². The summed E-state index contributed by atoms with van der Waals surface area (Å²) >= 11 is 6.59. The summed E-state index contributed by atoms with van der Waals surface area (Å²) in [5.74, 6) is 0.0865. The second kappa shape index (κ2) is 6.72. The predicted molar refractivity (Wildman–Crippen MR) is 77.5 cm³/mol. The van der Waals surface area contributed by atoms with E-state index in [1.807, 2.05) is 6.07 Å². The van der Waals surface area contributed by atoms with Crippen molar-refractivity contribution in [2.75, 3.05) is 17.0 Å². The van der Waals surface area contributed by atoms with E-state index in [4.69, 9.17) is 5.73 Å². The topological polar surface area (TPSA) is 72.2 Å². The highest BCUT2D eigenvalue weighted by molar-refractivity contribution is 9.11. The number of unbranched alkanes of at least 4 members (excludes halogenated alkanes) is 1. The summed E-state index contributed by atoms with van der Waals surface area (Å²) in [6.07, 6.45) is 1.28. The zero-order valence-electron chi connectivity index (χ0n) is 9.12. The molecule has 0 saturated heterocycles. The Labute approximate surface area is 118 Å². The summed E-state index contributed by atoms with van der Waals surface area (Å²) in [6.45, 7) is 0.510. The van der Waals surface area contributed by atoms with Crippen LogP contribution in [-0.4, -0.2) is 20.7 Å². The molecule has 0 atom stereocenters. The Bertz CT molecular complexity index is 477. The molecule has 1 aromatic carbocycles. The second-order valence-electron chi connectivity index (χ2n) is 3.54. The highest BCUT2D eigenvalue weighted by Gasteiger charge is 2.12. The summed E-state index contributed by atoms with van der Waals surface area (Å²) in [4.78, 5) is 0. The fraction of sp³-hybridized carbons (Fsp3) is 0.400. The minimum atomic E-state index is -3.30. The van der Waals surface area contributed by atoms with E-state index in [0.29, 0.717) is 29.5 Å². The lowest BCUT2D eigenvalue weighted by atomic mass is 10.3. The first-order valence-electron chi connectivity index (χ1n) is 5.10. The van der Waals surface area contributed by atoms with Gasteiger partial charge in [0.25, 0.3) is 0 Å². The van der Waals surface area contributed by atoms with Gasteiger partial charge in [-0.1, -0.05) is 15.9 Å². The van der Waals surface area contributed by atoms with Gasteiger partial charge in [0, 0.05) is 8.95 Å². The number of rotatable bonds is 6. The Hall–Kier alpha value is -0.110. The number of nitrogens with one attached hydrogen (secondary N) is 1. The van der Waals surface area contributed by atoms with E-state index in [9.17, 15) is 8.42 Å². The van der Waals surface area contributed by atoms with Crippen LogP contribution in [0.25, 0.3) is 0 Å². The van der Waals surface area contributed by atoms with Crippen LogP contribution >= 0.6 is 31.9 Å². The molecular formula is C10H14Br2N2O2S. The second-order valence-corrected chi connectivity index (χ2v) is 7.15. The van der Waals surface area contributed by atoms with Crippen molar-refractivity contribution in [2.24, 2.45) is 5.73 Å². The number of halogens is 2. The highest BCUT2D eigenvalue weighted by Crippen LogP contribution is 2.27. The third kappa shape index (κ3) is 5.37. The predicted octanol–water partition coefficient (Wildman–Crippen LogP) is 2.69. The lowest BCUT2D eigenvalue weighted by Gasteiger charge is -2.09. The SMILES string of the molecule is NCCCCS(=O)(=O)Nc1cc(Br)ccc1Br. The quantitative estimate of drug-likeness (QED) is 0.739. The van der Waals surface area contributed by atoms with Crippen LogP contribution in [0.4, 0.5) is 5.69 Å². The van der Waals surface area contributed by atoms with Gasteiger partial charge < -0.3 is 5.73 Å². The van der Waals surface area contributed by atoms with Crippen LogP contribution in [0.2, 0.25) is 0 Å². The molecule has 0 bridgehead atoms. The van der Waals surface area contributed by atoms with Crippen molar-refractivity contribution in [3.8, 4) is 0 Å². The van der Waals surface area contributed by atoms with Crippen molar-refractivity contribution in [3.63, 3.8) is 0 Å². The maximum Gasteiger partial charge on any atom is 0.232 e. The molecule has 96 valence electrons. The van der Waals surface area contributed by atoms with Crippen LogP contribution < -0.4 is 10.5 Å². The van der Waals surface area contributed by atoms with E-state index in [2.05, 4.69) is 36.6 Å².